The van der Waals surface area contributed by atoms with E-state index in [2.05, 4.69) is 66.5 Å². The Morgan fingerprint density at radius 2 is 1.64 bits per heavy atom. The third kappa shape index (κ3) is 2.69. The predicted molar refractivity (Wildman–Crippen MR) is 133 cm³/mol. The average Bonchev–Trinajstić information content (AvgIpc) is 3.42. The highest BCUT2D eigenvalue weighted by Gasteiger charge is 2.71. The first kappa shape index (κ1) is 19.5. The molecule has 166 valence electrons. The molecule has 3 fully saturated rings. The van der Waals surface area contributed by atoms with E-state index in [1.807, 2.05) is 24.4 Å². The Morgan fingerprint density at radius 1 is 0.909 bits per heavy atom. The number of nitrogens with zero attached hydrogens (tertiary/aromatic N) is 2. The third-order valence-corrected chi connectivity index (χ3v) is 9.56. The molecule has 0 bridgehead atoms. The summed E-state index contributed by atoms with van der Waals surface area (Å²) in [5, 5.41) is 5.54. The molecular weight excluding hydrogens is 404 g/mol. The number of benzene rings is 3. The third-order valence-electron chi connectivity index (χ3n) is 9.56. The summed E-state index contributed by atoms with van der Waals surface area (Å²) < 4.78 is 7.78. The van der Waals surface area contributed by atoms with Crippen LogP contribution in [-0.2, 0) is 6.54 Å². The lowest BCUT2D eigenvalue weighted by Crippen LogP contribution is -2.57. The van der Waals surface area contributed by atoms with Crippen LogP contribution in [-0.4, -0.2) is 34.2 Å². The molecule has 2 aliphatic heterocycles. The van der Waals surface area contributed by atoms with Gasteiger partial charge < -0.3 is 9.22 Å². The second-order valence-corrected chi connectivity index (χ2v) is 10.7. The van der Waals surface area contributed by atoms with E-state index in [0.717, 1.165) is 29.4 Å². The van der Waals surface area contributed by atoms with E-state index < -0.39 is 0 Å². The summed E-state index contributed by atoms with van der Waals surface area (Å²) in [4.78, 5) is 4.50. The van der Waals surface area contributed by atoms with Crippen LogP contribution in [0.3, 0.4) is 0 Å². The van der Waals surface area contributed by atoms with Gasteiger partial charge in [0.1, 0.15) is 18.6 Å². The molecule has 33 heavy (non-hydrogen) atoms. The maximum Gasteiger partial charge on any atom is 0.213 e. The van der Waals surface area contributed by atoms with Crippen molar-refractivity contribution in [1.82, 2.24) is 4.98 Å². The zero-order valence-electron chi connectivity index (χ0n) is 19.3. The van der Waals surface area contributed by atoms with Gasteiger partial charge in [-0.2, -0.15) is 0 Å². The van der Waals surface area contributed by atoms with Crippen molar-refractivity contribution in [3.63, 3.8) is 0 Å². The van der Waals surface area contributed by atoms with Gasteiger partial charge in [0.05, 0.1) is 12.5 Å². The molecule has 1 aromatic heterocycles. The summed E-state index contributed by atoms with van der Waals surface area (Å²) in [6, 6.07) is 26.3. The summed E-state index contributed by atoms with van der Waals surface area (Å²) in [6.07, 6.45) is 6.08. The smallest absolute Gasteiger partial charge is 0.213 e. The molecule has 1 saturated carbocycles. The van der Waals surface area contributed by atoms with Gasteiger partial charge in [0.2, 0.25) is 5.88 Å². The lowest BCUT2D eigenvalue weighted by molar-refractivity contribution is -0.965. The van der Waals surface area contributed by atoms with Gasteiger partial charge in [-0.25, -0.2) is 4.98 Å². The standard InChI is InChI=1S/C30H31N2O/c1-30-23-13-14-27(30)28(33-29-12-6-7-16-31-29)20-32(30,17-15-23)19-26-24-10-4-2-8-21(24)18-22-9-3-5-11-25(22)26/h2-12,16,18,23,27-28H,13-15,17,19-20H2,1H3/q+1/t23-,27+,28-,30+,32+/m0/s1. The van der Waals surface area contributed by atoms with Gasteiger partial charge in [-0.05, 0) is 53.4 Å². The van der Waals surface area contributed by atoms with Crippen LogP contribution in [0, 0.1) is 11.8 Å². The Morgan fingerprint density at radius 3 is 2.36 bits per heavy atom. The Bertz CT molecular complexity index is 1300. The van der Waals surface area contributed by atoms with E-state index in [1.165, 1.54) is 52.9 Å². The predicted octanol–water partition coefficient (Wildman–Crippen LogP) is 6.35. The molecule has 0 N–H and O–H groups in total. The van der Waals surface area contributed by atoms with Crippen LogP contribution < -0.4 is 4.74 Å². The fourth-order valence-electron chi connectivity index (χ4n) is 8.00. The molecular formula is C30H31N2O+. The molecule has 0 radical (unpaired) electrons. The summed E-state index contributed by atoms with van der Waals surface area (Å²) in [5.41, 5.74) is 1.81. The van der Waals surface area contributed by atoms with Crippen LogP contribution in [0.5, 0.6) is 5.88 Å². The van der Waals surface area contributed by atoms with Crippen LogP contribution in [0.15, 0.2) is 79.0 Å². The summed E-state index contributed by atoms with van der Waals surface area (Å²) in [5.74, 6) is 2.19. The largest absolute Gasteiger partial charge is 0.468 e. The molecule has 5 atom stereocenters. The molecule has 0 amide bonds. The van der Waals surface area contributed by atoms with Gasteiger partial charge in [-0.15, -0.1) is 0 Å². The van der Waals surface area contributed by atoms with Crippen molar-refractivity contribution in [3.8, 4) is 5.88 Å². The molecule has 7 rings (SSSR count). The second kappa shape index (κ2) is 7.04. The lowest BCUT2D eigenvalue weighted by Gasteiger charge is -2.44. The fourth-order valence-corrected chi connectivity index (χ4v) is 8.00. The first-order chi connectivity index (χ1) is 16.2. The summed E-state index contributed by atoms with van der Waals surface area (Å²) in [7, 11) is 0. The van der Waals surface area contributed by atoms with Gasteiger partial charge in [0.15, 0.2) is 6.10 Å². The van der Waals surface area contributed by atoms with E-state index in [4.69, 9.17) is 4.74 Å². The van der Waals surface area contributed by atoms with Crippen molar-refractivity contribution < 1.29 is 9.22 Å². The zero-order chi connectivity index (χ0) is 22.0. The van der Waals surface area contributed by atoms with E-state index in [0.29, 0.717) is 5.92 Å². The van der Waals surface area contributed by atoms with E-state index in [-0.39, 0.29) is 11.6 Å². The number of fused-ring (bicyclic) bond motifs is 2. The first-order valence-corrected chi connectivity index (χ1v) is 12.5. The van der Waals surface area contributed by atoms with E-state index >= 15 is 0 Å². The second-order valence-electron chi connectivity index (χ2n) is 10.7. The number of aromatic nitrogens is 1. The Labute approximate surface area is 195 Å². The summed E-state index contributed by atoms with van der Waals surface area (Å²) >= 11 is 0. The first-order valence-electron chi connectivity index (χ1n) is 12.5. The van der Waals surface area contributed by atoms with Crippen molar-refractivity contribution in [2.75, 3.05) is 13.1 Å². The van der Waals surface area contributed by atoms with Crippen molar-refractivity contribution in [2.45, 2.75) is 44.4 Å². The van der Waals surface area contributed by atoms with Crippen LogP contribution in [0.4, 0.5) is 0 Å². The molecule has 0 spiro atoms. The normalized spacial score (nSPS) is 32.5. The van der Waals surface area contributed by atoms with Crippen molar-refractivity contribution in [3.05, 3.63) is 84.6 Å². The van der Waals surface area contributed by atoms with E-state index in [9.17, 15) is 0 Å². The van der Waals surface area contributed by atoms with Gasteiger partial charge in [-0.3, -0.25) is 0 Å². The Kier molecular flexibility index (Phi) is 4.17. The maximum atomic E-state index is 6.62. The van der Waals surface area contributed by atoms with E-state index in [1.54, 1.807) is 0 Å². The highest BCUT2D eigenvalue weighted by Crippen LogP contribution is 2.61. The van der Waals surface area contributed by atoms with Gasteiger partial charge in [0.25, 0.3) is 0 Å². The highest BCUT2D eigenvalue weighted by molar-refractivity contribution is 6.02. The minimum Gasteiger partial charge on any atom is -0.468 e. The number of quaternary nitrogens is 1. The van der Waals surface area contributed by atoms with Crippen LogP contribution in [0.2, 0.25) is 0 Å². The Hall–Kier alpha value is -2.91. The molecule has 3 nitrogen and oxygen atoms in total. The quantitative estimate of drug-likeness (QED) is 0.275. The van der Waals surface area contributed by atoms with Gasteiger partial charge in [0, 0.05) is 30.2 Å². The molecule has 0 unspecified atom stereocenters. The molecule has 3 aliphatic rings. The number of hydrogen-bond donors (Lipinski definition) is 0. The van der Waals surface area contributed by atoms with Gasteiger partial charge in [-0.1, -0.05) is 54.6 Å². The van der Waals surface area contributed by atoms with Crippen LogP contribution >= 0.6 is 0 Å². The topological polar surface area (TPSA) is 22.1 Å². The van der Waals surface area contributed by atoms with Crippen LogP contribution in [0.25, 0.3) is 21.5 Å². The lowest BCUT2D eigenvalue weighted by atomic mass is 9.82. The minimum atomic E-state index is 0.247. The number of pyridine rings is 1. The minimum absolute atomic E-state index is 0.247. The molecule has 2 saturated heterocycles. The molecule has 3 heterocycles. The molecule has 4 aromatic rings. The average molecular weight is 436 g/mol. The highest BCUT2D eigenvalue weighted by atomic mass is 16.5. The molecule has 3 aromatic carbocycles. The molecule has 3 heteroatoms. The summed E-state index contributed by atoms with van der Waals surface area (Å²) in [6.45, 7) is 6.04. The van der Waals surface area contributed by atoms with Crippen molar-refractivity contribution in [1.29, 1.82) is 0 Å². The van der Waals surface area contributed by atoms with Crippen LogP contribution in [0.1, 0.15) is 31.7 Å². The number of rotatable bonds is 4. The van der Waals surface area contributed by atoms with Crippen molar-refractivity contribution in [2.24, 2.45) is 11.8 Å². The number of hydrogen-bond acceptors (Lipinski definition) is 2. The monoisotopic (exact) mass is 435 g/mol. The van der Waals surface area contributed by atoms with Crippen molar-refractivity contribution >= 4 is 21.5 Å². The van der Waals surface area contributed by atoms with Gasteiger partial charge >= 0.3 is 0 Å². The fraction of sp³-hybridized carbons (Fsp3) is 0.367. The number of ether oxygens (including phenoxy) is 1. The maximum absolute atomic E-state index is 6.62. The Balaban J connectivity index is 1.36. The zero-order valence-corrected chi connectivity index (χ0v) is 19.3. The SMILES string of the molecule is C[C@@]12[C@H]3CC[C@@H]1[C@@H](Oc1ccccn1)C[N@+]2(Cc1c2ccccc2cc2ccccc12)CC3. The molecule has 1 aliphatic carbocycles.